The molecule has 0 heterocycles. The Labute approximate surface area is 138 Å². The molecule has 0 unspecified atom stereocenters. The fourth-order valence-electron chi connectivity index (χ4n) is 2.76. The Bertz CT molecular complexity index is 258. The Morgan fingerprint density at radius 2 is 1.09 bits per heavy atom. The molecule has 0 saturated carbocycles. The summed E-state index contributed by atoms with van der Waals surface area (Å²) >= 11 is 0. The Morgan fingerprint density at radius 3 is 1.50 bits per heavy atom. The Kier molecular flexibility index (Phi) is 17.6. The van der Waals surface area contributed by atoms with Crippen molar-refractivity contribution in [3.63, 3.8) is 0 Å². The van der Waals surface area contributed by atoms with E-state index >= 15 is 0 Å². The van der Waals surface area contributed by atoms with E-state index in [9.17, 15) is 4.79 Å². The van der Waals surface area contributed by atoms with Crippen LogP contribution < -0.4 is 0 Å². The summed E-state index contributed by atoms with van der Waals surface area (Å²) in [6.45, 7) is 2.27. The lowest BCUT2D eigenvalue weighted by Crippen LogP contribution is -1.89. The van der Waals surface area contributed by atoms with Crippen LogP contribution in [-0.2, 0) is 4.79 Å². The molecule has 0 aromatic rings. The summed E-state index contributed by atoms with van der Waals surface area (Å²) in [6.07, 6.45) is 24.3. The monoisotopic (exact) mass is 310 g/mol. The van der Waals surface area contributed by atoms with Crippen LogP contribution in [0.1, 0.15) is 110 Å². The zero-order chi connectivity index (χ0) is 16.3. The minimum absolute atomic E-state index is 0.165. The topological polar surface area (TPSA) is 37.3 Å². The maximum atomic E-state index is 10.3. The molecule has 2 heteroatoms. The largest absolute Gasteiger partial charge is 0.481 e. The third-order valence-electron chi connectivity index (χ3n) is 4.18. The van der Waals surface area contributed by atoms with Crippen molar-refractivity contribution in [3.8, 4) is 0 Å². The number of aliphatic carboxylic acids is 1. The first kappa shape index (κ1) is 21.2. The van der Waals surface area contributed by atoms with Gasteiger partial charge in [-0.25, -0.2) is 0 Å². The van der Waals surface area contributed by atoms with Crippen molar-refractivity contribution < 1.29 is 9.90 Å². The minimum Gasteiger partial charge on any atom is -0.481 e. The van der Waals surface area contributed by atoms with E-state index in [-0.39, 0.29) is 6.42 Å². The number of unbranched alkanes of at least 4 members (excludes halogenated alkanes) is 14. The lowest BCUT2D eigenvalue weighted by molar-refractivity contribution is -0.136. The molecule has 0 saturated heterocycles. The number of carbonyl (C=O) groups is 1. The highest BCUT2D eigenvalue weighted by molar-refractivity contribution is 5.68. The zero-order valence-electron chi connectivity index (χ0n) is 14.8. The van der Waals surface area contributed by atoms with Crippen LogP contribution in [-0.4, -0.2) is 11.1 Å². The Hall–Kier alpha value is -0.790. The van der Waals surface area contributed by atoms with Crippen molar-refractivity contribution >= 4 is 5.97 Å². The average molecular weight is 311 g/mol. The van der Waals surface area contributed by atoms with Crippen LogP contribution in [0.25, 0.3) is 0 Å². The van der Waals surface area contributed by atoms with E-state index in [1.807, 2.05) is 6.08 Å². The molecule has 130 valence electrons. The molecule has 0 bridgehead atoms. The van der Waals surface area contributed by atoms with Gasteiger partial charge in [-0.1, -0.05) is 103 Å². The average Bonchev–Trinajstić information content (AvgIpc) is 2.50. The maximum Gasteiger partial charge on any atom is 0.307 e. The van der Waals surface area contributed by atoms with Crippen LogP contribution in [0.3, 0.4) is 0 Å². The molecule has 0 fully saturated rings. The van der Waals surface area contributed by atoms with Gasteiger partial charge in [-0.2, -0.15) is 0 Å². The van der Waals surface area contributed by atoms with Gasteiger partial charge >= 0.3 is 5.97 Å². The fourth-order valence-corrected chi connectivity index (χ4v) is 2.76. The third-order valence-corrected chi connectivity index (χ3v) is 4.18. The highest BCUT2D eigenvalue weighted by Gasteiger charge is 1.94. The van der Waals surface area contributed by atoms with Crippen molar-refractivity contribution in [3.05, 3.63) is 12.2 Å². The van der Waals surface area contributed by atoms with E-state index < -0.39 is 5.97 Å². The summed E-state index contributed by atoms with van der Waals surface area (Å²) in [5, 5.41) is 8.49. The normalized spacial score (nSPS) is 11.3. The van der Waals surface area contributed by atoms with Crippen LogP contribution in [0.2, 0.25) is 0 Å². The molecule has 0 aliphatic heterocycles. The molecule has 0 aromatic heterocycles. The molecule has 0 spiro atoms. The summed E-state index contributed by atoms with van der Waals surface area (Å²) < 4.78 is 0. The molecule has 2 nitrogen and oxygen atoms in total. The third kappa shape index (κ3) is 19.2. The molecule has 0 rings (SSSR count). The SMILES string of the molecule is CCCCCCCCCCCCCCCC/C=C/CC(=O)O. The van der Waals surface area contributed by atoms with E-state index in [4.69, 9.17) is 5.11 Å². The number of hydrogen-bond acceptors (Lipinski definition) is 1. The van der Waals surface area contributed by atoms with Crippen molar-refractivity contribution in [2.45, 2.75) is 110 Å². The highest BCUT2D eigenvalue weighted by atomic mass is 16.4. The number of carboxylic acids is 1. The second-order valence-corrected chi connectivity index (χ2v) is 6.45. The summed E-state index contributed by atoms with van der Waals surface area (Å²) in [7, 11) is 0. The summed E-state index contributed by atoms with van der Waals surface area (Å²) in [6, 6.07) is 0. The quantitative estimate of drug-likeness (QED) is 0.234. The molecule has 0 amide bonds. The molecular weight excluding hydrogens is 272 g/mol. The molecular formula is C20H38O2. The smallest absolute Gasteiger partial charge is 0.307 e. The highest BCUT2D eigenvalue weighted by Crippen LogP contribution is 2.13. The summed E-state index contributed by atoms with van der Waals surface area (Å²) in [4.78, 5) is 10.3. The van der Waals surface area contributed by atoms with Crippen molar-refractivity contribution in [1.82, 2.24) is 0 Å². The van der Waals surface area contributed by atoms with Crippen LogP contribution in [0.5, 0.6) is 0 Å². The molecule has 1 N–H and O–H groups in total. The summed E-state index contributed by atoms with van der Waals surface area (Å²) in [5.74, 6) is -0.739. The fraction of sp³-hybridized carbons (Fsp3) is 0.850. The van der Waals surface area contributed by atoms with Crippen LogP contribution in [0.15, 0.2) is 12.2 Å². The van der Waals surface area contributed by atoms with Gasteiger partial charge < -0.3 is 5.11 Å². The number of allylic oxidation sites excluding steroid dienone is 1. The lowest BCUT2D eigenvalue weighted by Gasteiger charge is -2.02. The van der Waals surface area contributed by atoms with E-state index in [0.717, 1.165) is 6.42 Å². The predicted molar refractivity (Wildman–Crippen MR) is 96.3 cm³/mol. The van der Waals surface area contributed by atoms with E-state index in [0.29, 0.717) is 0 Å². The van der Waals surface area contributed by atoms with Gasteiger partial charge in [-0.3, -0.25) is 4.79 Å². The standard InChI is InChI=1S/C20H38O2/c1-2-3-4-5-6-7-8-9-10-11-12-13-14-15-16-17-18-19-20(21)22/h17-18H,2-16,19H2,1H3,(H,21,22)/b18-17+. The maximum absolute atomic E-state index is 10.3. The van der Waals surface area contributed by atoms with Gasteiger partial charge in [0.2, 0.25) is 0 Å². The molecule has 0 aliphatic carbocycles. The van der Waals surface area contributed by atoms with Gasteiger partial charge in [-0.05, 0) is 12.8 Å². The Morgan fingerprint density at radius 1 is 0.682 bits per heavy atom. The van der Waals surface area contributed by atoms with Crippen LogP contribution in [0, 0.1) is 0 Å². The van der Waals surface area contributed by atoms with Gasteiger partial charge in [0.05, 0.1) is 6.42 Å². The van der Waals surface area contributed by atoms with Crippen LogP contribution >= 0.6 is 0 Å². The molecule has 0 atom stereocenters. The second-order valence-electron chi connectivity index (χ2n) is 6.45. The first-order valence-electron chi connectivity index (χ1n) is 9.64. The van der Waals surface area contributed by atoms with E-state index in [2.05, 4.69) is 6.92 Å². The van der Waals surface area contributed by atoms with Gasteiger partial charge in [0.25, 0.3) is 0 Å². The number of carboxylic acid groups (broad SMARTS) is 1. The van der Waals surface area contributed by atoms with E-state index in [1.165, 1.54) is 89.9 Å². The van der Waals surface area contributed by atoms with Gasteiger partial charge in [0.1, 0.15) is 0 Å². The zero-order valence-corrected chi connectivity index (χ0v) is 14.8. The number of hydrogen-bond donors (Lipinski definition) is 1. The lowest BCUT2D eigenvalue weighted by atomic mass is 10.0. The van der Waals surface area contributed by atoms with Gasteiger partial charge in [0.15, 0.2) is 0 Å². The van der Waals surface area contributed by atoms with Crippen molar-refractivity contribution in [1.29, 1.82) is 0 Å². The van der Waals surface area contributed by atoms with Gasteiger partial charge in [0, 0.05) is 0 Å². The minimum atomic E-state index is -0.739. The van der Waals surface area contributed by atoms with Crippen LogP contribution in [0.4, 0.5) is 0 Å². The first-order chi connectivity index (χ1) is 10.8. The van der Waals surface area contributed by atoms with Crippen molar-refractivity contribution in [2.75, 3.05) is 0 Å². The first-order valence-corrected chi connectivity index (χ1v) is 9.64. The predicted octanol–water partition coefficient (Wildman–Crippen LogP) is 6.89. The Balaban J connectivity index is 3.02. The molecule has 0 aliphatic rings. The summed E-state index contributed by atoms with van der Waals surface area (Å²) in [5.41, 5.74) is 0. The number of rotatable bonds is 17. The molecule has 0 aromatic carbocycles. The second kappa shape index (κ2) is 18.3. The molecule has 22 heavy (non-hydrogen) atoms. The molecule has 0 radical (unpaired) electrons. The van der Waals surface area contributed by atoms with Gasteiger partial charge in [-0.15, -0.1) is 0 Å². The van der Waals surface area contributed by atoms with Crippen molar-refractivity contribution in [2.24, 2.45) is 0 Å². The van der Waals surface area contributed by atoms with E-state index in [1.54, 1.807) is 6.08 Å².